The summed E-state index contributed by atoms with van der Waals surface area (Å²) in [5, 5.41) is 3.31. The van der Waals surface area contributed by atoms with Gasteiger partial charge in [-0.05, 0) is 12.1 Å². The Morgan fingerprint density at radius 2 is 2.10 bits per heavy atom. The van der Waals surface area contributed by atoms with E-state index in [0.29, 0.717) is 0 Å². The summed E-state index contributed by atoms with van der Waals surface area (Å²) in [5.74, 6) is 1.66. The molecule has 0 aliphatic rings. The lowest BCUT2D eigenvalue weighted by molar-refractivity contribution is 0.405. The van der Waals surface area contributed by atoms with Crippen LogP contribution in [0, 0.1) is 0 Å². The maximum atomic E-state index is 5.76. The highest BCUT2D eigenvalue weighted by Crippen LogP contribution is 2.34. The van der Waals surface area contributed by atoms with Gasteiger partial charge in [-0.3, -0.25) is 0 Å². The third-order valence-corrected chi connectivity index (χ3v) is 5.16. The second-order valence-corrected chi connectivity index (χ2v) is 7.47. The van der Waals surface area contributed by atoms with Gasteiger partial charge in [0.1, 0.15) is 5.75 Å². The SMILES string of the molecule is COc1cc(N)ccc1SCc1csc(C(C)(C)C)n1. The number of hydrogen-bond donors (Lipinski definition) is 1. The van der Waals surface area contributed by atoms with Gasteiger partial charge >= 0.3 is 0 Å². The van der Waals surface area contributed by atoms with Crippen LogP contribution in [0.4, 0.5) is 5.69 Å². The van der Waals surface area contributed by atoms with Crippen LogP contribution in [0.1, 0.15) is 31.5 Å². The zero-order chi connectivity index (χ0) is 14.8. The number of hydrogen-bond acceptors (Lipinski definition) is 5. The van der Waals surface area contributed by atoms with E-state index in [2.05, 4.69) is 26.2 Å². The van der Waals surface area contributed by atoms with E-state index in [0.717, 1.165) is 27.8 Å². The average molecular weight is 308 g/mol. The first-order valence-electron chi connectivity index (χ1n) is 6.41. The van der Waals surface area contributed by atoms with Crippen molar-refractivity contribution in [3.8, 4) is 5.75 Å². The second-order valence-electron chi connectivity index (χ2n) is 5.59. The Hall–Kier alpha value is -1.20. The van der Waals surface area contributed by atoms with Gasteiger partial charge in [-0.25, -0.2) is 4.98 Å². The molecule has 0 spiro atoms. The van der Waals surface area contributed by atoms with Gasteiger partial charge in [0.25, 0.3) is 0 Å². The summed E-state index contributed by atoms with van der Waals surface area (Å²) < 4.78 is 5.36. The summed E-state index contributed by atoms with van der Waals surface area (Å²) >= 11 is 3.45. The largest absolute Gasteiger partial charge is 0.496 e. The molecule has 3 nitrogen and oxygen atoms in total. The molecule has 0 saturated carbocycles. The number of nitrogens with zero attached hydrogens (tertiary/aromatic N) is 1. The number of anilines is 1. The minimum absolute atomic E-state index is 0.118. The third-order valence-electron chi connectivity index (χ3n) is 2.76. The quantitative estimate of drug-likeness (QED) is 0.675. The van der Waals surface area contributed by atoms with Crippen LogP contribution in [0.25, 0.3) is 0 Å². The van der Waals surface area contributed by atoms with Crippen molar-refractivity contribution in [3.63, 3.8) is 0 Å². The molecule has 2 aromatic rings. The van der Waals surface area contributed by atoms with Crippen LogP contribution in [0.15, 0.2) is 28.5 Å². The van der Waals surface area contributed by atoms with Crippen LogP contribution in [-0.2, 0) is 11.2 Å². The van der Waals surface area contributed by atoms with Crippen molar-refractivity contribution < 1.29 is 4.74 Å². The molecule has 1 aromatic heterocycles. The first-order valence-corrected chi connectivity index (χ1v) is 8.28. The third kappa shape index (κ3) is 3.67. The maximum absolute atomic E-state index is 5.76. The molecule has 0 aliphatic carbocycles. The van der Waals surface area contributed by atoms with Gasteiger partial charge in [-0.2, -0.15) is 0 Å². The molecule has 0 atom stereocenters. The van der Waals surface area contributed by atoms with E-state index < -0.39 is 0 Å². The molecule has 0 fully saturated rings. The van der Waals surface area contributed by atoms with E-state index >= 15 is 0 Å². The van der Waals surface area contributed by atoms with Crippen molar-refractivity contribution in [1.82, 2.24) is 4.98 Å². The molecule has 1 aromatic carbocycles. The average Bonchev–Trinajstić information content (AvgIpc) is 2.86. The molecule has 2 N–H and O–H groups in total. The molecular formula is C15H20N2OS2. The van der Waals surface area contributed by atoms with Crippen molar-refractivity contribution in [1.29, 1.82) is 0 Å². The first kappa shape index (κ1) is 15.2. The fourth-order valence-electron chi connectivity index (χ4n) is 1.67. The van der Waals surface area contributed by atoms with Gasteiger partial charge in [0.2, 0.25) is 0 Å². The lowest BCUT2D eigenvalue weighted by atomic mass is 9.98. The monoisotopic (exact) mass is 308 g/mol. The zero-order valence-electron chi connectivity index (χ0n) is 12.3. The fraction of sp³-hybridized carbons (Fsp3) is 0.400. The molecule has 20 heavy (non-hydrogen) atoms. The molecule has 5 heteroatoms. The number of rotatable bonds is 4. The van der Waals surface area contributed by atoms with Crippen LogP contribution >= 0.6 is 23.1 Å². The lowest BCUT2D eigenvalue weighted by Gasteiger charge is -2.13. The summed E-state index contributed by atoms with van der Waals surface area (Å²) in [6.07, 6.45) is 0. The van der Waals surface area contributed by atoms with Gasteiger partial charge in [0.05, 0.1) is 17.8 Å². The Bertz CT molecular complexity index is 588. The van der Waals surface area contributed by atoms with Crippen molar-refractivity contribution >= 4 is 28.8 Å². The van der Waals surface area contributed by atoms with E-state index in [4.69, 9.17) is 15.5 Å². The smallest absolute Gasteiger partial charge is 0.134 e. The van der Waals surface area contributed by atoms with Gasteiger partial charge in [0.15, 0.2) is 0 Å². The Kier molecular flexibility index (Phi) is 4.60. The van der Waals surface area contributed by atoms with E-state index in [1.54, 1.807) is 30.2 Å². The summed E-state index contributed by atoms with van der Waals surface area (Å²) in [7, 11) is 1.67. The number of ether oxygens (including phenoxy) is 1. The fourth-order valence-corrected chi connectivity index (χ4v) is 3.59. The highest BCUT2D eigenvalue weighted by atomic mass is 32.2. The number of thioether (sulfide) groups is 1. The number of nitrogens with two attached hydrogens (primary N) is 1. The van der Waals surface area contributed by atoms with Crippen LogP contribution in [0.2, 0.25) is 0 Å². The second kappa shape index (κ2) is 6.06. The van der Waals surface area contributed by atoms with E-state index in [1.165, 1.54) is 5.01 Å². The lowest BCUT2D eigenvalue weighted by Crippen LogP contribution is -2.10. The van der Waals surface area contributed by atoms with E-state index in [9.17, 15) is 0 Å². The number of aromatic nitrogens is 1. The van der Waals surface area contributed by atoms with Gasteiger partial charge in [0, 0.05) is 33.2 Å². The minimum atomic E-state index is 0.118. The standard InChI is InChI=1S/C15H20N2OS2/c1-15(2,3)14-17-11(9-20-14)8-19-13-6-5-10(16)7-12(13)18-4/h5-7,9H,8,16H2,1-4H3. The molecule has 0 radical (unpaired) electrons. The molecular weight excluding hydrogens is 288 g/mol. The highest BCUT2D eigenvalue weighted by Gasteiger charge is 2.18. The number of nitrogen functional groups attached to an aromatic ring is 1. The predicted molar refractivity (Wildman–Crippen MR) is 87.8 cm³/mol. The number of methoxy groups -OCH3 is 1. The zero-order valence-corrected chi connectivity index (χ0v) is 13.9. The Morgan fingerprint density at radius 1 is 1.35 bits per heavy atom. The molecule has 108 valence electrons. The van der Waals surface area contributed by atoms with Gasteiger partial charge < -0.3 is 10.5 Å². The molecule has 1 heterocycles. The Morgan fingerprint density at radius 3 is 2.70 bits per heavy atom. The van der Waals surface area contributed by atoms with Gasteiger partial charge in [-0.1, -0.05) is 20.8 Å². The van der Waals surface area contributed by atoms with Gasteiger partial charge in [-0.15, -0.1) is 23.1 Å². The van der Waals surface area contributed by atoms with Crippen LogP contribution in [0.5, 0.6) is 5.75 Å². The summed E-state index contributed by atoms with van der Waals surface area (Å²) in [6.45, 7) is 6.56. The van der Waals surface area contributed by atoms with Crippen LogP contribution in [0.3, 0.4) is 0 Å². The Labute approximate surface area is 128 Å². The molecule has 0 amide bonds. The first-order chi connectivity index (χ1) is 9.40. The van der Waals surface area contributed by atoms with Crippen LogP contribution in [-0.4, -0.2) is 12.1 Å². The molecule has 0 bridgehead atoms. The van der Waals surface area contributed by atoms with E-state index in [1.807, 2.05) is 18.2 Å². The summed E-state index contributed by atoms with van der Waals surface area (Å²) in [5.41, 5.74) is 7.71. The molecule has 2 rings (SSSR count). The van der Waals surface area contributed by atoms with Crippen LogP contribution < -0.4 is 10.5 Å². The van der Waals surface area contributed by atoms with Crippen molar-refractivity contribution in [2.75, 3.05) is 12.8 Å². The maximum Gasteiger partial charge on any atom is 0.134 e. The van der Waals surface area contributed by atoms with Crippen molar-refractivity contribution in [2.45, 2.75) is 36.8 Å². The van der Waals surface area contributed by atoms with Crippen molar-refractivity contribution in [2.24, 2.45) is 0 Å². The summed E-state index contributed by atoms with van der Waals surface area (Å²) in [4.78, 5) is 5.79. The molecule has 0 saturated heterocycles. The predicted octanol–water partition coefficient (Wildman–Crippen LogP) is 4.32. The topological polar surface area (TPSA) is 48.1 Å². The van der Waals surface area contributed by atoms with E-state index in [-0.39, 0.29) is 5.41 Å². The number of thiazole rings is 1. The minimum Gasteiger partial charge on any atom is -0.496 e. The Balaban J connectivity index is 2.07. The number of benzene rings is 1. The normalized spacial score (nSPS) is 11.6. The summed E-state index contributed by atoms with van der Waals surface area (Å²) in [6, 6.07) is 5.74. The highest BCUT2D eigenvalue weighted by molar-refractivity contribution is 7.98. The molecule has 0 unspecified atom stereocenters. The van der Waals surface area contributed by atoms with Crippen molar-refractivity contribution in [3.05, 3.63) is 34.3 Å². The molecule has 0 aliphatic heterocycles.